The number of hydrogen-bond donors (Lipinski definition) is 3. The Hall–Kier alpha value is -1.75. The molecule has 19 heavy (non-hydrogen) atoms. The van der Waals surface area contributed by atoms with Crippen LogP contribution in [-0.2, 0) is 0 Å². The molecule has 1 aromatic carbocycles. The molecule has 104 valence electrons. The van der Waals surface area contributed by atoms with Crippen LogP contribution in [0, 0.1) is 0 Å². The fourth-order valence-corrected chi connectivity index (χ4v) is 2.47. The lowest BCUT2D eigenvalue weighted by molar-refractivity contribution is 0.0697. The molecule has 0 radical (unpaired) electrons. The van der Waals surface area contributed by atoms with Gasteiger partial charge in [0.25, 0.3) is 0 Å². The van der Waals surface area contributed by atoms with Gasteiger partial charge in [-0.2, -0.15) is 0 Å². The summed E-state index contributed by atoms with van der Waals surface area (Å²) >= 11 is 0. The Morgan fingerprint density at radius 2 is 2.16 bits per heavy atom. The smallest absolute Gasteiger partial charge is 0.337 e. The highest BCUT2D eigenvalue weighted by Gasteiger charge is 2.28. The van der Waals surface area contributed by atoms with Crippen molar-refractivity contribution in [3.05, 3.63) is 23.8 Å². The van der Waals surface area contributed by atoms with E-state index in [1.165, 1.54) is 0 Å². The summed E-state index contributed by atoms with van der Waals surface area (Å²) in [5.41, 5.74) is 7.32. The summed E-state index contributed by atoms with van der Waals surface area (Å²) in [7, 11) is 0. The van der Waals surface area contributed by atoms with Crippen molar-refractivity contribution in [2.45, 2.75) is 31.7 Å². The number of rotatable bonds is 6. The first kappa shape index (κ1) is 13.7. The second kappa shape index (κ2) is 5.93. The maximum Gasteiger partial charge on any atom is 0.337 e. The Bertz CT molecular complexity index is 458. The molecule has 5 nitrogen and oxygen atoms in total. The maximum atomic E-state index is 11.3. The maximum absolute atomic E-state index is 11.3. The second-order valence-electron chi connectivity index (χ2n) is 4.90. The van der Waals surface area contributed by atoms with E-state index >= 15 is 0 Å². The molecule has 0 bridgehead atoms. The van der Waals surface area contributed by atoms with Gasteiger partial charge in [-0.05, 0) is 37.8 Å². The average Bonchev–Trinajstić information content (AvgIpc) is 2.32. The van der Waals surface area contributed by atoms with Gasteiger partial charge in [0.05, 0.1) is 16.9 Å². The third-order valence-corrected chi connectivity index (χ3v) is 3.66. The molecule has 1 fully saturated rings. The Morgan fingerprint density at radius 3 is 2.68 bits per heavy atom. The average molecular weight is 264 g/mol. The van der Waals surface area contributed by atoms with E-state index in [-0.39, 0.29) is 12.2 Å². The third kappa shape index (κ3) is 2.81. The minimum absolute atomic E-state index is 0.0956. The predicted molar refractivity (Wildman–Crippen MR) is 74.5 cm³/mol. The highest BCUT2D eigenvalue weighted by Crippen LogP contribution is 2.35. The minimum atomic E-state index is -0.962. The van der Waals surface area contributed by atoms with Crippen LogP contribution in [0.4, 0.5) is 11.4 Å². The molecule has 0 aliphatic heterocycles. The summed E-state index contributed by atoms with van der Waals surface area (Å²) in [6, 6.07) is 5.31. The fraction of sp³-hybridized carbons (Fsp3) is 0.500. The number of nitrogen functional groups attached to an aromatic ring is 1. The number of benzene rings is 1. The largest absolute Gasteiger partial charge is 0.478 e. The van der Waals surface area contributed by atoms with Crippen molar-refractivity contribution in [1.29, 1.82) is 0 Å². The van der Waals surface area contributed by atoms with Crippen LogP contribution in [0.15, 0.2) is 18.2 Å². The second-order valence-corrected chi connectivity index (χ2v) is 4.90. The Morgan fingerprint density at radius 1 is 1.42 bits per heavy atom. The number of carboxylic acids is 1. The molecule has 1 aromatic rings. The molecule has 0 heterocycles. The van der Waals surface area contributed by atoms with Gasteiger partial charge >= 0.3 is 5.97 Å². The van der Waals surface area contributed by atoms with E-state index in [9.17, 15) is 9.90 Å². The zero-order valence-electron chi connectivity index (χ0n) is 10.9. The SMILES string of the molecule is Nc1cccc(C(=O)O)c1N(CCCO)C1CCC1. The van der Waals surface area contributed by atoms with Gasteiger partial charge in [0, 0.05) is 19.2 Å². The summed E-state index contributed by atoms with van der Waals surface area (Å²) in [6.45, 7) is 0.730. The summed E-state index contributed by atoms with van der Waals surface area (Å²) in [5.74, 6) is -0.962. The summed E-state index contributed by atoms with van der Waals surface area (Å²) in [6.07, 6.45) is 3.89. The van der Waals surface area contributed by atoms with Gasteiger partial charge < -0.3 is 20.8 Å². The number of nitrogens with zero attached hydrogens (tertiary/aromatic N) is 1. The molecular weight excluding hydrogens is 244 g/mol. The van der Waals surface area contributed by atoms with E-state index in [0.29, 0.717) is 30.4 Å². The van der Waals surface area contributed by atoms with Crippen LogP contribution in [0.3, 0.4) is 0 Å². The minimum Gasteiger partial charge on any atom is -0.478 e. The summed E-state index contributed by atoms with van der Waals surface area (Å²) < 4.78 is 0. The first-order valence-electron chi connectivity index (χ1n) is 6.64. The first-order valence-corrected chi connectivity index (χ1v) is 6.64. The zero-order valence-corrected chi connectivity index (χ0v) is 10.9. The molecule has 1 aliphatic carbocycles. The van der Waals surface area contributed by atoms with Crippen molar-refractivity contribution in [2.24, 2.45) is 0 Å². The van der Waals surface area contributed by atoms with Crippen molar-refractivity contribution >= 4 is 17.3 Å². The first-order chi connectivity index (χ1) is 9.15. The molecule has 0 aromatic heterocycles. The Balaban J connectivity index is 2.36. The van der Waals surface area contributed by atoms with Crippen LogP contribution >= 0.6 is 0 Å². The van der Waals surface area contributed by atoms with Crippen LogP contribution in [0.25, 0.3) is 0 Å². The van der Waals surface area contributed by atoms with Gasteiger partial charge in [0.15, 0.2) is 0 Å². The van der Waals surface area contributed by atoms with E-state index < -0.39 is 5.97 Å². The van der Waals surface area contributed by atoms with E-state index in [0.717, 1.165) is 19.3 Å². The summed E-state index contributed by atoms with van der Waals surface area (Å²) in [5, 5.41) is 18.3. The quantitative estimate of drug-likeness (QED) is 0.681. The van der Waals surface area contributed by atoms with Crippen LogP contribution in [0.5, 0.6) is 0 Å². The molecule has 5 heteroatoms. The van der Waals surface area contributed by atoms with Crippen LogP contribution in [0.1, 0.15) is 36.0 Å². The van der Waals surface area contributed by atoms with Crippen LogP contribution in [0.2, 0.25) is 0 Å². The number of nitrogens with two attached hydrogens (primary N) is 1. The van der Waals surface area contributed by atoms with Crippen LogP contribution < -0.4 is 10.6 Å². The molecule has 0 atom stereocenters. The predicted octanol–water partition coefficient (Wildman–Crippen LogP) is 1.71. The number of carboxylic acid groups (broad SMARTS) is 1. The molecular formula is C14H20N2O3. The van der Waals surface area contributed by atoms with E-state index in [2.05, 4.69) is 4.90 Å². The van der Waals surface area contributed by atoms with Gasteiger partial charge in [0.2, 0.25) is 0 Å². The lowest BCUT2D eigenvalue weighted by Gasteiger charge is -2.40. The van der Waals surface area contributed by atoms with Gasteiger partial charge in [0.1, 0.15) is 0 Å². The molecule has 0 spiro atoms. The van der Waals surface area contributed by atoms with Gasteiger partial charge in [-0.1, -0.05) is 6.07 Å². The highest BCUT2D eigenvalue weighted by molar-refractivity contribution is 5.98. The number of hydrogen-bond acceptors (Lipinski definition) is 4. The Kier molecular flexibility index (Phi) is 4.27. The van der Waals surface area contributed by atoms with Gasteiger partial charge in [-0.3, -0.25) is 0 Å². The van der Waals surface area contributed by atoms with Crippen molar-refractivity contribution in [3.63, 3.8) is 0 Å². The molecule has 1 saturated carbocycles. The normalized spacial score (nSPS) is 15.0. The standard InChI is InChI=1S/C14H20N2O3/c15-12-7-2-6-11(14(18)19)13(12)16(8-3-9-17)10-4-1-5-10/h2,6-7,10,17H,1,3-5,8-9,15H2,(H,18,19). The summed E-state index contributed by atoms with van der Waals surface area (Å²) in [4.78, 5) is 13.4. The molecule has 0 saturated heterocycles. The monoisotopic (exact) mass is 264 g/mol. The molecule has 4 N–H and O–H groups in total. The molecule has 1 aliphatic rings. The topological polar surface area (TPSA) is 86.8 Å². The molecule has 0 amide bonds. The molecule has 2 rings (SSSR count). The molecule has 0 unspecified atom stereocenters. The number of aliphatic hydroxyl groups is 1. The number of aromatic carboxylic acids is 1. The lowest BCUT2D eigenvalue weighted by Crippen LogP contribution is -2.42. The number of para-hydroxylation sites is 1. The van der Waals surface area contributed by atoms with Gasteiger partial charge in [-0.15, -0.1) is 0 Å². The van der Waals surface area contributed by atoms with Crippen molar-refractivity contribution in [1.82, 2.24) is 0 Å². The van der Waals surface area contributed by atoms with Crippen molar-refractivity contribution in [2.75, 3.05) is 23.8 Å². The zero-order chi connectivity index (χ0) is 13.8. The third-order valence-electron chi connectivity index (χ3n) is 3.66. The van der Waals surface area contributed by atoms with E-state index in [1.54, 1.807) is 18.2 Å². The van der Waals surface area contributed by atoms with Crippen LogP contribution in [-0.4, -0.2) is 35.4 Å². The number of anilines is 2. The lowest BCUT2D eigenvalue weighted by atomic mass is 9.90. The van der Waals surface area contributed by atoms with Crippen molar-refractivity contribution < 1.29 is 15.0 Å². The number of aliphatic hydroxyl groups excluding tert-OH is 1. The fourth-order valence-electron chi connectivity index (χ4n) is 2.47. The van der Waals surface area contributed by atoms with Gasteiger partial charge in [-0.25, -0.2) is 4.79 Å². The van der Waals surface area contributed by atoms with Crippen molar-refractivity contribution in [3.8, 4) is 0 Å². The van der Waals surface area contributed by atoms with E-state index in [4.69, 9.17) is 10.8 Å². The number of carbonyl (C=O) groups is 1. The Labute approximate surface area is 112 Å². The van der Waals surface area contributed by atoms with E-state index in [1.807, 2.05) is 0 Å². The highest BCUT2D eigenvalue weighted by atomic mass is 16.4.